The molecule has 0 saturated heterocycles. The van der Waals surface area contributed by atoms with E-state index in [2.05, 4.69) is 32.6 Å². The molecule has 0 fully saturated rings. The molecule has 0 radical (unpaired) electrons. The second-order valence-electron chi connectivity index (χ2n) is 1.87. The molecule has 1 aromatic rings. The smallest absolute Gasteiger partial charge is 0.192 e. The van der Waals surface area contributed by atoms with Crippen molar-refractivity contribution in [2.24, 2.45) is 16.5 Å². The van der Waals surface area contributed by atoms with Crippen LogP contribution in [0.5, 0.6) is 0 Å². The molecule has 1 rings (SSSR count). The SMILES string of the molecule is NC(N)=Nc1ccc(I)cn1. The van der Waals surface area contributed by atoms with Crippen molar-refractivity contribution in [3.8, 4) is 0 Å². The van der Waals surface area contributed by atoms with Gasteiger partial charge in [0.2, 0.25) is 0 Å². The minimum absolute atomic E-state index is 0.0266. The second-order valence-corrected chi connectivity index (χ2v) is 3.12. The van der Waals surface area contributed by atoms with Crippen molar-refractivity contribution in [2.45, 2.75) is 0 Å². The molecule has 1 heterocycles. The molecule has 1 aromatic heterocycles. The van der Waals surface area contributed by atoms with Crippen molar-refractivity contribution in [3.05, 3.63) is 21.9 Å². The van der Waals surface area contributed by atoms with Crippen LogP contribution < -0.4 is 11.5 Å². The Bertz CT molecular complexity index is 262. The summed E-state index contributed by atoms with van der Waals surface area (Å²) in [6, 6.07) is 3.64. The van der Waals surface area contributed by atoms with Gasteiger partial charge in [-0.25, -0.2) is 4.98 Å². The molecule has 5 heteroatoms. The molecular weight excluding hydrogens is 255 g/mol. The molecule has 4 N–H and O–H groups in total. The van der Waals surface area contributed by atoms with E-state index in [0.717, 1.165) is 3.57 Å². The highest BCUT2D eigenvalue weighted by Gasteiger charge is 1.90. The van der Waals surface area contributed by atoms with Crippen molar-refractivity contribution in [3.63, 3.8) is 0 Å². The van der Waals surface area contributed by atoms with Gasteiger partial charge in [-0.3, -0.25) is 0 Å². The van der Waals surface area contributed by atoms with E-state index in [0.29, 0.717) is 5.82 Å². The van der Waals surface area contributed by atoms with Crippen molar-refractivity contribution >= 4 is 34.4 Å². The Morgan fingerprint density at radius 1 is 1.45 bits per heavy atom. The van der Waals surface area contributed by atoms with Crippen molar-refractivity contribution in [1.29, 1.82) is 0 Å². The lowest BCUT2D eigenvalue weighted by molar-refractivity contribution is 1.24. The molecule has 0 amide bonds. The third-order valence-electron chi connectivity index (χ3n) is 0.955. The maximum absolute atomic E-state index is 5.15. The van der Waals surface area contributed by atoms with E-state index in [1.54, 1.807) is 12.3 Å². The molecule has 0 aliphatic heterocycles. The second kappa shape index (κ2) is 3.51. The van der Waals surface area contributed by atoms with Crippen LogP contribution in [0.4, 0.5) is 5.82 Å². The highest BCUT2D eigenvalue weighted by Crippen LogP contribution is 2.08. The summed E-state index contributed by atoms with van der Waals surface area (Å²) in [4.78, 5) is 7.72. The number of rotatable bonds is 1. The fraction of sp³-hybridized carbons (Fsp3) is 0. The summed E-state index contributed by atoms with van der Waals surface area (Å²) < 4.78 is 1.05. The first-order valence-corrected chi connectivity index (χ1v) is 3.97. The summed E-state index contributed by atoms with van der Waals surface area (Å²) in [6.07, 6.45) is 1.70. The largest absolute Gasteiger partial charge is 0.370 e. The zero-order chi connectivity index (χ0) is 8.27. The molecule has 0 bridgehead atoms. The number of pyridine rings is 1. The van der Waals surface area contributed by atoms with Gasteiger partial charge in [-0.2, -0.15) is 4.99 Å². The Balaban J connectivity index is 2.91. The van der Waals surface area contributed by atoms with Crippen LogP contribution in [0.1, 0.15) is 0 Å². The number of guanidine groups is 1. The van der Waals surface area contributed by atoms with Crippen molar-refractivity contribution < 1.29 is 0 Å². The molecule has 0 aliphatic carbocycles. The van der Waals surface area contributed by atoms with Gasteiger partial charge >= 0.3 is 0 Å². The first-order chi connectivity index (χ1) is 5.18. The van der Waals surface area contributed by atoms with Gasteiger partial charge in [-0.1, -0.05) is 0 Å². The van der Waals surface area contributed by atoms with Crippen LogP contribution in [-0.4, -0.2) is 10.9 Å². The zero-order valence-electron chi connectivity index (χ0n) is 5.66. The predicted molar refractivity (Wildman–Crippen MR) is 52.4 cm³/mol. The Morgan fingerprint density at radius 3 is 2.64 bits per heavy atom. The Kier molecular flexibility index (Phi) is 2.64. The summed E-state index contributed by atoms with van der Waals surface area (Å²) in [5.41, 5.74) is 10.3. The molecule has 0 atom stereocenters. The summed E-state index contributed by atoms with van der Waals surface area (Å²) >= 11 is 2.16. The number of nitrogens with zero attached hydrogens (tertiary/aromatic N) is 2. The summed E-state index contributed by atoms with van der Waals surface area (Å²) in [5, 5.41) is 0. The summed E-state index contributed by atoms with van der Waals surface area (Å²) in [7, 11) is 0. The predicted octanol–water partition coefficient (Wildman–Crippen LogP) is 0.591. The molecule has 0 saturated carbocycles. The van der Waals surface area contributed by atoms with Crippen LogP contribution in [0, 0.1) is 3.57 Å². The van der Waals surface area contributed by atoms with Crippen LogP contribution in [0.3, 0.4) is 0 Å². The van der Waals surface area contributed by atoms with E-state index < -0.39 is 0 Å². The lowest BCUT2D eigenvalue weighted by Crippen LogP contribution is -2.22. The quantitative estimate of drug-likeness (QED) is 0.441. The standard InChI is InChI=1S/C6H7IN4/c7-4-1-2-5(10-3-4)11-6(8)9/h1-3H,(H4,8,9,10,11). The number of hydrogen-bond donors (Lipinski definition) is 2. The lowest BCUT2D eigenvalue weighted by atomic mass is 10.5. The fourth-order valence-corrected chi connectivity index (χ4v) is 0.885. The monoisotopic (exact) mass is 262 g/mol. The van der Waals surface area contributed by atoms with E-state index in [-0.39, 0.29) is 5.96 Å². The number of aliphatic imine (C=N–C) groups is 1. The number of nitrogens with two attached hydrogens (primary N) is 2. The fourth-order valence-electron chi connectivity index (χ4n) is 0.566. The minimum Gasteiger partial charge on any atom is -0.370 e. The topological polar surface area (TPSA) is 77.3 Å². The van der Waals surface area contributed by atoms with E-state index in [1.165, 1.54) is 0 Å². The van der Waals surface area contributed by atoms with Gasteiger partial charge in [-0.15, -0.1) is 0 Å². The number of aromatic nitrogens is 1. The third kappa shape index (κ3) is 2.71. The Hall–Kier alpha value is -0.850. The van der Waals surface area contributed by atoms with Crippen LogP contribution in [0.25, 0.3) is 0 Å². The van der Waals surface area contributed by atoms with Gasteiger partial charge < -0.3 is 11.5 Å². The lowest BCUT2D eigenvalue weighted by Gasteiger charge is -1.92. The highest BCUT2D eigenvalue weighted by atomic mass is 127. The maximum Gasteiger partial charge on any atom is 0.192 e. The normalized spacial score (nSPS) is 9.18. The molecule has 4 nitrogen and oxygen atoms in total. The van der Waals surface area contributed by atoms with Crippen molar-refractivity contribution in [2.75, 3.05) is 0 Å². The molecular formula is C6H7IN4. The van der Waals surface area contributed by atoms with Crippen LogP contribution in [0.15, 0.2) is 23.3 Å². The molecule has 11 heavy (non-hydrogen) atoms. The van der Waals surface area contributed by atoms with Crippen LogP contribution in [-0.2, 0) is 0 Å². The van der Waals surface area contributed by atoms with Gasteiger partial charge in [0.05, 0.1) is 0 Å². The molecule has 0 aliphatic rings. The molecule has 0 aromatic carbocycles. The van der Waals surface area contributed by atoms with Crippen LogP contribution >= 0.6 is 22.6 Å². The van der Waals surface area contributed by atoms with Gasteiger partial charge in [0.15, 0.2) is 11.8 Å². The van der Waals surface area contributed by atoms with Crippen molar-refractivity contribution in [1.82, 2.24) is 4.98 Å². The van der Waals surface area contributed by atoms with Gasteiger partial charge in [0.1, 0.15) is 0 Å². The average Bonchev–Trinajstić information content (AvgIpc) is 1.93. The zero-order valence-corrected chi connectivity index (χ0v) is 7.82. The number of halogens is 1. The van der Waals surface area contributed by atoms with Gasteiger partial charge in [-0.05, 0) is 34.7 Å². The Morgan fingerprint density at radius 2 is 2.18 bits per heavy atom. The third-order valence-corrected chi connectivity index (χ3v) is 1.59. The number of hydrogen-bond acceptors (Lipinski definition) is 2. The van der Waals surface area contributed by atoms with Gasteiger partial charge in [0, 0.05) is 9.77 Å². The van der Waals surface area contributed by atoms with E-state index in [1.807, 2.05) is 6.07 Å². The highest BCUT2D eigenvalue weighted by molar-refractivity contribution is 14.1. The van der Waals surface area contributed by atoms with Crippen LogP contribution in [0.2, 0.25) is 0 Å². The van der Waals surface area contributed by atoms with Gasteiger partial charge in [0.25, 0.3) is 0 Å². The van der Waals surface area contributed by atoms with E-state index in [9.17, 15) is 0 Å². The van der Waals surface area contributed by atoms with E-state index in [4.69, 9.17) is 11.5 Å². The Labute approximate surface area is 77.9 Å². The maximum atomic E-state index is 5.15. The molecule has 0 unspecified atom stereocenters. The molecule has 0 spiro atoms. The summed E-state index contributed by atoms with van der Waals surface area (Å²) in [6.45, 7) is 0. The first-order valence-electron chi connectivity index (χ1n) is 2.89. The summed E-state index contributed by atoms with van der Waals surface area (Å²) in [5.74, 6) is 0.559. The minimum atomic E-state index is 0.0266. The van der Waals surface area contributed by atoms with E-state index >= 15 is 0 Å². The first kappa shape index (κ1) is 8.25. The average molecular weight is 262 g/mol. The molecule has 58 valence electrons.